The number of ether oxygens (including phenoxy) is 1. The van der Waals surface area contributed by atoms with Gasteiger partial charge in [0.05, 0.1) is 0 Å². The summed E-state index contributed by atoms with van der Waals surface area (Å²) >= 11 is 0. The summed E-state index contributed by atoms with van der Waals surface area (Å²) in [6.07, 6.45) is 1.65. The number of hydrogen-bond donors (Lipinski definition) is 1. The molecule has 7 heteroatoms. The quantitative estimate of drug-likeness (QED) is 0.840. The highest BCUT2D eigenvalue weighted by Crippen LogP contribution is 2.26. The van der Waals surface area contributed by atoms with E-state index in [4.69, 9.17) is 4.74 Å². The molecule has 29 heavy (non-hydrogen) atoms. The van der Waals surface area contributed by atoms with Crippen LogP contribution in [0.2, 0.25) is 0 Å². The average Bonchev–Trinajstić information content (AvgIpc) is 3.17. The summed E-state index contributed by atoms with van der Waals surface area (Å²) in [5.41, 5.74) is 2.65. The van der Waals surface area contributed by atoms with Gasteiger partial charge in [0.25, 0.3) is 5.91 Å². The zero-order chi connectivity index (χ0) is 20.4. The second kappa shape index (κ2) is 7.95. The molecule has 0 unspecified atom stereocenters. The van der Waals surface area contributed by atoms with Gasteiger partial charge in [0.15, 0.2) is 6.61 Å². The van der Waals surface area contributed by atoms with Crippen molar-refractivity contribution in [3.8, 4) is 5.75 Å². The topological polar surface area (TPSA) is 87.2 Å². The van der Waals surface area contributed by atoms with E-state index in [2.05, 4.69) is 0 Å². The average molecular weight is 394 g/mol. The van der Waals surface area contributed by atoms with E-state index in [9.17, 15) is 19.5 Å². The summed E-state index contributed by atoms with van der Waals surface area (Å²) in [6.45, 7) is 0.662. The summed E-state index contributed by atoms with van der Waals surface area (Å²) in [7, 11) is 0. The molecule has 150 valence electrons. The molecule has 2 aromatic rings. The number of fused-ring (bicyclic) bond motifs is 1. The van der Waals surface area contributed by atoms with E-state index in [0.29, 0.717) is 18.7 Å². The van der Waals surface area contributed by atoms with Crippen LogP contribution in [-0.4, -0.2) is 47.0 Å². The van der Waals surface area contributed by atoms with Crippen molar-refractivity contribution in [2.75, 3.05) is 18.1 Å². The van der Waals surface area contributed by atoms with Crippen molar-refractivity contribution in [3.05, 3.63) is 59.7 Å². The van der Waals surface area contributed by atoms with Crippen LogP contribution in [-0.2, 0) is 27.3 Å². The minimum atomic E-state index is -1.03. The van der Waals surface area contributed by atoms with Crippen LogP contribution in [0.15, 0.2) is 48.5 Å². The van der Waals surface area contributed by atoms with E-state index < -0.39 is 12.0 Å². The van der Waals surface area contributed by atoms with Gasteiger partial charge in [0, 0.05) is 37.7 Å². The van der Waals surface area contributed by atoms with E-state index in [-0.39, 0.29) is 31.4 Å². The highest BCUT2D eigenvalue weighted by atomic mass is 16.5. The molecule has 2 aliphatic heterocycles. The number of carboxylic acid groups (broad SMARTS) is 1. The lowest BCUT2D eigenvalue weighted by Crippen LogP contribution is -2.50. The summed E-state index contributed by atoms with van der Waals surface area (Å²) in [4.78, 5) is 39.5. The first-order valence-electron chi connectivity index (χ1n) is 9.65. The van der Waals surface area contributed by atoms with Gasteiger partial charge in [-0.05, 0) is 29.7 Å². The van der Waals surface area contributed by atoms with Crippen LogP contribution in [0.4, 0.5) is 5.69 Å². The maximum atomic E-state index is 12.8. The smallest absolute Gasteiger partial charge is 0.326 e. The van der Waals surface area contributed by atoms with E-state index in [1.807, 2.05) is 30.3 Å². The number of carbonyl (C=O) groups excluding carboxylic acids is 2. The molecule has 0 aliphatic carbocycles. The van der Waals surface area contributed by atoms with Gasteiger partial charge in [-0.1, -0.05) is 30.3 Å². The molecule has 0 radical (unpaired) electrons. The van der Waals surface area contributed by atoms with Crippen LogP contribution in [0, 0.1) is 0 Å². The third-order valence-electron chi connectivity index (χ3n) is 5.42. The lowest BCUT2D eigenvalue weighted by atomic mass is 9.94. The van der Waals surface area contributed by atoms with E-state index in [1.165, 1.54) is 4.90 Å². The highest BCUT2D eigenvalue weighted by Gasteiger charge is 2.34. The van der Waals surface area contributed by atoms with Gasteiger partial charge < -0.3 is 19.6 Å². The monoisotopic (exact) mass is 394 g/mol. The second-order valence-corrected chi connectivity index (χ2v) is 7.28. The Labute approximate surface area is 168 Å². The number of carbonyl (C=O) groups is 3. The zero-order valence-corrected chi connectivity index (χ0v) is 15.9. The fourth-order valence-corrected chi connectivity index (χ4v) is 3.90. The maximum Gasteiger partial charge on any atom is 0.326 e. The number of rotatable bonds is 5. The molecule has 0 bridgehead atoms. The molecule has 0 saturated carbocycles. The van der Waals surface area contributed by atoms with Gasteiger partial charge in [-0.15, -0.1) is 0 Å². The molecule has 1 atom stereocenters. The molecular formula is C22H22N2O5. The van der Waals surface area contributed by atoms with E-state index >= 15 is 0 Å². The maximum absolute atomic E-state index is 12.8. The van der Waals surface area contributed by atoms with Crippen molar-refractivity contribution in [3.63, 3.8) is 0 Å². The van der Waals surface area contributed by atoms with Crippen molar-refractivity contribution < 1.29 is 24.2 Å². The summed E-state index contributed by atoms with van der Waals surface area (Å²) in [5, 5.41) is 9.58. The first-order valence-corrected chi connectivity index (χ1v) is 9.65. The predicted octanol–water partition coefficient (Wildman–Crippen LogP) is 2.23. The van der Waals surface area contributed by atoms with Gasteiger partial charge in [-0.25, -0.2) is 4.79 Å². The number of amides is 2. The van der Waals surface area contributed by atoms with E-state index in [0.717, 1.165) is 23.2 Å². The molecule has 4 rings (SSSR count). The Morgan fingerprint density at radius 1 is 1.10 bits per heavy atom. The van der Waals surface area contributed by atoms with Gasteiger partial charge >= 0.3 is 5.97 Å². The third kappa shape index (κ3) is 3.94. The van der Waals surface area contributed by atoms with E-state index in [1.54, 1.807) is 23.1 Å². The fourth-order valence-electron chi connectivity index (χ4n) is 3.90. The first kappa shape index (κ1) is 19.0. The van der Waals surface area contributed by atoms with Gasteiger partial charge in [0.2, 0.25) is 5.91 Å². The fraction of sp³-hybridized carbons (Fsp3) is 0.318. The Balaban J connectivity index is 1.45. The molecule has 0 aromatic heterocycles. The van der Waals surface area contributed by atoms with Crippen LogP contribution < -0.4 is 9.64 Å². The number of carboxylic acids is 1. The normalized spacial score (nSPS) is 18.5. The Morgan fingerprint density at radius 2 is 1.90 bits per heavy atom. The van der Waals surface area contributed by atoms with Crippen LogP contribution in [0.5, 0.6) is 5.75 Å². The molecule has 2 aromatic carbocycles. The third-order valence-corrected chi connectivity index (χ3v) is 5.42. The number of anilines is 1. The number of nitrogens with zero attached hydrogens (tertiary/aromatic N) is 2. The van der Waals surface area contributed by atoms with Gasteiger partial charge in [-0.3, -0.25) is 9.59 Å². The highest BCUT2D eigenvalue weighted by molar-refractivity contribution is 5.95. The van der Waals surface area contributed by atoms with Crippen LogP contribution in [0.3, 0.4) is 0 Å². The number of aliphatic carboxylic acids is 1. The molecule has 1 saturated heterocycles. The summed E-state index contributed by atoms with van der Waals surface area (Å²) in [5.74, 6) is -0.855. The Kier molecular flexibility index (Phi) is 5.20. The Hall–Kier alpha value is -3.35. The predicted molar refractivity (Wildman–Crippen MR) is 106 cm³/mol. The first-order chi connectivity index (χ1) is 14.0. The zero-order valence-electron chi connectivity index (χ0n) is 15.9. The minimum absolute atomic E-state index is 0.0782. The van der Waals surface area contributed by atoms with Crippen molar-refractivity contribution in [1.82, 2.24) is 4.90 Å². The van der Waals surface area contributed by atoms with Crippen molar-refractivity contribution in [2.45, 2.75) is 31.8 Å². The van der Waals surface area contributed by atoms with Gasteiger partial charge in [-0.2, -0.15) is 0 Å². The number of benzene rings is 2. The number of hydrogen-bond acceptors (Lipinski definition) is 4. The summed E-state index contributed by atoms with van der Waals surface area (Å²) < 4.78 is 5.65. The largest absolute Gasteiger partial charge is 0.484 e. The standard InChI is InChI=1S/C22H22N2O5/c25-20-9-4-10-23(20)17-7-3-8-18(12-17)29-14-21(26)24-13-16-6-2-1-5-15(16)11-19(24)22(27)28/h1-3,5-8,12,19H,4,9-11,13-14H2,(H,27,28)/t19-/m0/s1. The van der Waals surface area contributed by atoms with Crippen LogP contribution in [0.25, 0.3) is 0 Å². The van der Waals surface area contributed by atoms with Crippen molar-refractivity contribution in [1.29, 1.82) is 0 Å². The van der Waals surface area contributed by atoms with Gasteiger partial charge in [0.1, 0.15) is 11.8 Å². The minimum Gasteiger partial charge on any atom is -0.484 e. The summed E-state index contributed by atoms with van der Waals surface area (Å²) in [6, 6.07) is 13.7. The SMILES string of the molecule is O=C(O)[C@@H]1Cc2ccccc2CN1C(=O)COc1cccc(N2CCCC2=O)c1. The van der Waals surface area contributed by atoms with Crippen LogP contribution in [0.1, 0.15) is 24.0 Å². The molecule has 7 nitrogen and oxygen atoms in total. The lowest BCUT2D eigenvalue weighted by molar-refractivity contribution is -0.152. The molecule has 0 spiro atoms. The molecule has 1 fully saturated rings. The Bertz CT molecular complexity index is 958. The molecule has 1 N–H and O–H groups in total. The van der Waals surface area contributed by atoms with Crippen LogP contribution >= 0.6 is 0 Å². The molecule has 2 amide bonds. The second-order valence-electron chi connectivity index (χ2n) is 7.28. The molecule has 2 heterocycles. The van der Waals surface area contributed by atoms with Crippen molar-refractivity contribution in [2.24, 2.45) is 0 Å². The molecular weight excluding hydrogens is 372 g/mol. The Morgan fingerprint density at radius 3 is 2.62 bits per heavy atom. The molecule has 2 aliphatic rings. The lowest BCUT2D eigenvalue weighted by Gasteiger charge is -2.34. The van der Waals surface area contributed by atoms with Crippen molar-refractivity contribution >= 4 is 23.5 Å².